The fourth-order valence-electron chi connectivity index (χ4n) is 1.83. The van der Waals surface area contributed by atoms with E-state index in [4.69, 9.17) is 5.73 Å². The van der Waals surface area contributed by atoms with Crippen molar-refractivity contribution >= 4 is 32.5 Å². The van der Waals surface area contributed by atoms with Gasteiger partial charge in [-0.2, -0.15) is 0 Å². The largest absolute Gasteiger partial charge is 0.399 e. The third-order valence-electron chi connectivity index (χ3n) is 2.73. The first-order chi connectivity index (χ1) is 9.37. The van der Waals surface area contributed by atoms with Crippen molar-refractivity contribution in [2.24, 2.45) is 0 Å². The molecule has 2 rings (SSSR count). The third-order valence-corrected chi connectivity index (χ3v) is 3.45. The van der Waals surface area contributed by atoms with Crippen LogP contribution in [0.1, 0.15) is 10.4 Å². The SMILES string of the molecule is CS(=O)(=O)NCCNC(=O)c1c[nH]c2ccc(N)cc12. The Hall–Kier alpha value is -2.06. The third kappa shape index (κ3) is 3.49. The van der Waals surface area contributed by atoms with Crippen molar-refractivity contribution in [2.45, 2.75) is 0 Å². The van der Waals surface area contributed by atoms with Gasteiger partial charge in [0.05, 0.1) is 11.8 Å². The van der Waals surface area contributed by atoms with Crippen LogP contribution >= 0.6 is 0 Å². The Kier molecular flexibility index (Phi) is 3.96. The van der Waals surface area contributed by atoms with Crippen molar-refractivity contribution in [3.05, 3.63) is 30.0 Å². The highest BCUT2D eigenvalue weighted by atomic mass is 32.2. The number of aromatic amines is 1. The van der Waals surface area contributed by atoms with Crippen LogP contribution in [0, 0.1) is 0 Å². The maximum atomic E-state index is 12.0. The lowest BCUT2D eigenvalue weighted by Crippen LogP contribution is -2.34. The quantitative estimate of drug-likeness (QED) is 0.460. The molecule has 0 aliphatic rings. The Bertz CT molecular complexity index is 736. The molecule has 0 radical (unpaired) electrons. The van der Waals surface area contributed by atoms with E-state index in [-0.39, 0.29) is 19.0 Å². The summed E-state index contributed by atoms with van der Waals surface area (Å²) < 4.78 is 24.0. The Morgan fingerprint density at radius 2 is 2.10 bits per heavy atom. The molecule has 0 unspecified atom stereocenters. The number of carbonyl (C=O) groups is 1. The summed E-state index contributed by atoms with van der Waals surface area (Å²) in [6.07, 6.45) is 2.67. The van der Waals surface area contributed by atoms with Crippen LogP contribution in [-0.4, -0.2) is 38.7 Å². The van der Waals surface area contributed by atoms with Crippen LogP contribution in [0.15, 0.2) is 24.4 Å². The number of fused-ring (bicyclic) bond motifs is 1. The van der Waals surface area contributed by atoms with E-state index in [9.17, 15) is 13.2 Å². The highest BCUT2D eigenvalue weighted by Gasteiger charge is 2.11. The van der Waals surface area contributed by atoms with Crippen molar-refractivity contribution in [3.63, 3.8) is 0 Å². The highest BCUT2D eigenvalue weighted by molar-refractivity contribution is 7.88. The molecule has 0 atom stereocenters. The smallest absolute Gasteiger partial charge is 0.253 e. The summed E-state index contributed by atoms with van der Waals surface area (Å²) in [6.45, 7) is 0.357. The number of hydrogen-bond donors (Lipinski definition) is 4. The van der Waals surface area contributed by atoms with Crippen LogP contribution in [0.25, 0.3) is 10.9 Å². The van der Waals surface area contributed by atoms with Gasteiger partial charge in [0.1, 0.15) is 0 Å². The van der Waals surface area contributed by atoms with Crippen molar-refractivity contribution in [1.29, 1.82) is 0 Å². The molecule has 0 aliphatic heterocycles. The zero-order chi connectivity index (χ0) is 14.8. The summed E-state index contributed by atoms with van der Waals surface area (Å²) >= 11 is 0. The van der Waals surface area contributed by atoms with E-state index in [1.54, 1.807) is 24.4 Å². The molecule has 1 amide bonds. The second-order valence-electron chi connectivity index (χ2n) is 4.43. The first-order valence-corrected chi connectivity index (χ1v) is 7.85. The fraction of sp³-hybridized carbons (Fsp3) is 0.250. The molecule has 0 fully saturated rings. The number of aromatic nitrogens is 1. The Morgan fingerprint density at radius 1 is 1.35 bits per heavy atom. The van der Waals surface area contributed by atoms with Crippen molar-refractivity contribution < 1.29 is 13.2 Å². The zero-order valence-electron chi connectivity index (χ0n) is 10.9. The van der Waals surface area contributed by atoms with Crippen molar-refractivity contribution in [2.75, 3.05) is 25.1 Å². The van der Waals surface area contributed by atoms with E-state index >= 15 is 0 Å². The predicted molar refractivity (Wildman–Crippen MR) is 77.9 cm³/mol. The highest BCUT2D eigenvalue weighted by Crippen LogP contribution is 2.20. The molecule has 0 aliphatic carbocycles. The van der Waals surface area contributed by atoms with E-state index in [2.05, 4.69) is 15.0 Å². The number of anilines is 1. The van der Waals surface area contributed by atoms with Gasteiger partial charge in [-0.25, -0.2) is 13.1 Å². The van der Waals surface area contributed by atoms with E-state index in [1.165, 1.54) is 0 Å². The summed E-state index contributed by atoms with van der Waals surface area (Å²) in [6, 6.07) is 5.26. The van der Waals surface area contributed by atoms with Gasteiger partial charge in [0.2, 0.25) is 10.0 Å². The van der Waals surface area contributed by atoms with E-state index in [1.807, 2.05) is 0 Å². The lowest BCUT2D eigenvalue weighted by molar-refractivity contribution is 0.0956. The molecule has 0 saturated heterocycles. The number of nitrogens with one attached hydrogen (secondary N) is 3. The second-order valence-corrected chi connectivity index (χ2v) is 6.26. The average molecular weight is 296 g/mol. The normalized spacial score (nSPS) is 11.7. The Balaban J connectivity index is 2.03. The topological polar surface area (TPSA) is 117 Å². The van der Waals surface area contributed by atoms with Crippen LogP contribution in [0.2, 0.25) is 0 Å². The fourth-order valence-corrected chi connectivity index (χ4v) is 2.31. The van der Waals surface area contributed by atoms with Crippen LogP contribution < -0.4 is 15.8 Å². The van der Waals surface area contributed by atoms with Gasteiger partial charge in [-0.3, -0.25) is 4.79 Å². The summed E-state index contributed by atoms with van der Waals surface area (Å²) in [5.74, 6) is -0.280. The molecular formula is C12H16N4O3S. The van der Waals surface area contributed by atoms with Gasteiger partial charge < -0.3 is 16.0 Å². The van der Waals surface area contributed by atoms with Gasteiger partial charge in [0.15, 0.2) is 0 Å². The van der Waals surface area contributed by atoms with Gasteiger partial charge in [-0.05, 0) is 18.2 Å². The molecule has 0 spiro atoms. The molecule has 8 heteroatoms. The lowest BCUT2D eigenvalue weighted by Gasteiger charge is -2.05. The van der Waals surface area contributed by atoms with E-state index < -0.39 is 10.0 Å². The van der Waals surface area contributed by atoms with E-state index in [0.29, 0.717) is 11.3 Å². The molecule has 108 valence electrons. The van der Waals surface area contributed by atoms with Gasteiger partial charge in [0, 0.05) is 35.9 Å². The average Bonchev–Trinajstić information content (AvgIpc) is 2.76. The number of rotatable bonds is 5. The number of H-pyrrole nitrogens is 1. The Labute approximate surface area is 116 Å². The number of nitrogens with two attached hydrogens (primary N) is 1. The number of nitrogen functional groups attached to an aromatic ring is 1. The number of benzene rings is 1. The molecule has 20 heavy (non-hydrogen) atoms. The summed E-state index contributed by atoms with van der Waals surface area (Å²) in [7, 11) is -3.24. The standard InChI is InChI=1S/C12H16N4O3S/c1-20(18,19)16-5-4-14-12(17)10-7-15-11-3-2-8(13)6-9(10)11/h2-3,6-7,15-16H,4-5,13H2,1H3,(H,14,17). The number of amides is 1. The second kappa shape index (κ2) is 5.51. The first kappa shape index (κ1) is 14.4. The predicted octanol–water partition coefficient (Wildman–Crippen LogP) is 0.0291. The van der Waals surface area contributed by atoms with Crippen molar-refractivity contribution in [1.82, 2.24) is 15.0 Å². The monoisotopic (exact) mass is 296 g/mol. The molecular weight excluding hydrogens is 280 g/mol. The maximum Gasteiger partial charge on any atom is 0.253 e. The molecule has 1 heterocycles. The van der Waals surface area contributed by atoms with Gasteiger partial charge in [-0.15, -0.1) is 0 Å². The summed E-state index contributed by atoms with van der Waals surface area (Å²) in [4.78, 5) is 15.0. The lowest BCUT2D eigenvalue weighted by atomic mass is 10.1. The zero-order valence-corrected chi connectivity index (χ0v) is 11.8. The maximum absolute atomic E-state index is 12.0. The number of carbonyl (C=O) groups excluding carboxylic acids is 1. The first-order valence-electron chi connectivity index (χ1n) is 5.96. The van der Waals surface area contributed by atoms with Crippen LogP contribution in [0.4, 0.5) is 5.69 Å². The van der Waals surface area contributed by atoms with Crippen LogP contribution in [0.5, 0.6) is 0 Å². The molecule has 1 aromatic carbocycles. The van der Waals surface area contributed by atoms with Gasteiger partial charge >= 0.3 is 0 Å². The summed E-state index contributed by atoms with van der Waals surface area (Å²) in [5, 5.41) is 3.38. The minimum Gasteiger partial charge on any atom is -0.399 e. The molecule has 5 N–H and O–H groups in total. The van der Waals surface area contributed by atoms with Crippen molar-refractivity contribution in [3.8, 4) is 0 Å². The minimum atomic E-state index is -3.24. The summed E-state index contributed by atoms with van der Waals surface area (Å²) in [5.41, 5.74) is 7.57. The molecule has 0 bridgehead atoms. The Morgan fingerprint density at radius 3 is 2.80 bits per heavy atom. The molecule has 1 aromatic heterocycles. The van der Waals surface area contributed by atoms with E-state index in [0.717, 1.165) is 17.2 Å². The molecule has 7 nitrogen and oxygen atoms in total. The minimum absolute atomic E-state index is 0.148. The molecule has 2 aromatic rings. The van der Waals surface area contributed by atoms with Crippen LogP contribution in [-0.2, 0) is 10.0 Å². The number of sulfonamides is 1. The van der Waals surface area contributed by atoms with Gasteiger partial charge in [-0.1, -0.05) is 0 Å². The number of hydrogen-bond acceptors (Lipinski definition) is 4. The van der Waals surface area contributed by atoms with Crippen LogP contribution in [0.3, 0.4) is 0 Å². The van der Waals surface area contributed by atoms with Gasteiger partial charge in [0.25, 0.3) is 5.91 Å². The molecule has 0 saturated carbocycles.